The summed E-state index contributed by atoms with van der Waals surface area (Å²) in [5.41, 5.74) is 0. The van der Waals surface area contributed by atoms with Crippen molar-refractivity contribution in [3.05, 3.63) is 30.3 Å². The van der Waals surface area contributed by atoms with Crippen LogP contribution in [0.2, 0.25) is 0 Å². The predicted molar refractivity (Wildman–Crippen MR) is 75.0 cm³/mol. The number of hydrogen-bond donors (Lipinski definition) is 5. The number of ether oxygens (including phenoxy) is 1. The molecule has 0 aromatic heterocycles. The number of carbonyl (C=O) groups excluding carboxylic acids is 2. The molecule has 22 heavy (non-hydrogen) atoms. The van der Waals surface area contributed by atoms with E-state index in [1.165, 1.54) is 0 Å². The fourth-order valence-corrected chi connectivity index (χ4v) is 1.64. The first-order chi connectivity index (χ1) is 10.5. The third kappa shape index (κ3) is 5.41. The second-order valence-corrected chi connectivity index (χ2v) is 4.56. The van der Waals surface area contributed by atoms with Crippen molar-refractivity contribution in [1.29, 1.82) is 0 Å². The average Bonchev–Trinajstić information content (AvgIpc) is 2.56. The van der Waals surface area contributed by atoms with Gasteiger partial charge in [-0.25, -0.2) is 0 Å². The van der Waals surface area contributed by atoms with E-state index in [0.29, 0.717) is 5.75 Å². The molecule has 0 fully saturated rings. The van der Waals surface area contributed by atoms with Gasteiger partial charge in [0, 0.05) is 0 Å². The van der Waals surface area contributed by atoms with Crippen LogP contribution in [0.5, 0.6) is 5.75 Å². The van der Waals surface area contributed by atoms with Gasteiger partial charge in [0.25, 0.3) is 5.91 Å². The third-order valence-electron chi connectivity index (χ3n) is 2.89. The largest absolute Gasteiger partial charge is 0.484 e. The Morgan fingerprint density at radius 3 is 2.36 bits per heavy atom. The van der Waals surface area contributed by atoms with Crippen molar-refractivity contribution in [3.63, 3.8) is 0 Å². The van der Waals surface area contributed by atoms with Gasteiger partial charge < -0.3 is 35.3 Å². The minimum absolute atomic E-state index is 0.221. The summed E-state index contributed by atoms with van der Waals surface area (Å²) in [6.07, 6.45) is -4.95. The van der Waals surface area contributed by atoms with Crippen molar-refractivity contribution < 1.29 is 34.8 Å². The first-order valence-electron chi connectivity index (χ1n) is 6.57. The number of aldehydes is 1. The lowest BCUT2D eigenvalue weighted by atomic mass is 10.0. The van der Waals surface area contributed by atoms with Crippen LogP contribution in [-0.2, 0) is 9.59 Å². The smallest absolute Gasteiger partial charge is 0.258 e. The molecule has 4 atom stereocenters. The number of aliphatic hydroxyl groups excluding tert-OH is 4. The monoisotopic (exact) mass is 313 g/mol. The Labute approximate surface area is 127 Å². The van der Waals surface area contributed by atoms with E-state index in [0.717, 1.165) is 0 Å². The van der Waals surface area contributed by atoms with E-state index in [1.54, 1.807) is 30.3 Å². The summed E-state index contributed by atoms with van der Waals surface area (Å²) in [5.74, 6) is -0.234. The molecule has 0 heterocycles. The van der Waals surface area contributed by atoms with Crippen molar-refractivity contribution in [2.75, 3.05) is 13.2 Å². The molecule has 0 unspecified atom stereocenters. The van der Waals surface area contributed by atoms with Crippen LogP contribution in [0.15, 0.2) is 30.3 Å². The number of nitrogens with one attached hydrogen (secondary N) is 1. The SMILES string of the molecule is O=C[C@H](NC(=O)COc1ccccc1)[C@@H](O)[C@H](O)[C@H](O)CO. The maximum Gasteiger partial charge on any atom is 0.258 e. The molecule has 5 N–H and O–H groups in total. The van der Waals surface area contributed by atoms with Gasteiger partial charge in [-0.2, -0.15) is 0 Å². The Kier molecular flexibility index (Phi) is 7.47. The van der Waals surface area contributed by atoms with Crippen LogP contribution in [0, 0.1) is 0 Å². The molecule has 8 heteroatoms. The van der Waals surface area contributed by atoms with Gasteiger partial charge in [-0.05, 0) is 12.1 Å². The lowest BCUT2D eigenvalue weighted by Gasteiger charge is -2.26. The molecule has 0 aliphatic heterocycles. The number of rotatable bonds is 9. The van der Waals surface area contributed by atoms with E-state index in [1.807, 2.05) is 0 Å². The molecule has 0 saturated carbocycles. The van der Waals surface area contributed by atoms with Gasteiger partial charge in [0.15, 0.2) is 6.61 Å². The second-order valence-electron chi connectivity index (χ2n) is 4.56. The second kappa shape index (κ2) is 9.11. The molecular weight excluding hydrogens is 294 g/mol. The van der Waals surface area contributed by atoms with Crippen molar-refractivity contribution in [3.8, 4) is 5.75 Å². The fourth-order valence-electron chi connectivity index (χ4n) is 1.64. The Bertz CT molecular complexity index is 468. The standard InChI is InChI=1S/C14H19NO7/c16-6-10(13(20)14(21)11(18)7-17)15-12(19)8-22-9-4-2-1-3-5-9/h1-6,10-11,13-14,17-18,20-21H,7-8H2,(H,15,19)/t10-,11+,13+,14+/m0/s1. The van der Waals surface area contributed by atoms with E-state index < -0.39 is 36.9 Å². The van der Waals surface area contributed by atoms with Crippen LogP contribution in [0.4, 0.5) is 0 Å². The van der Waals surface area contributed by atoms with Crippen LogP contribution in [0.25, 0.3) is 0 Å². The highest BCUT2D eigenvalue weighted by Crippen LogP contribution is 2.08. The zero-order valence-corrected chi connectivity index (χ0v) is 11.7. The Hall–Kier alpha value is -2.00. The van der Waals surface area contributed by atoms with E-state index in [-0.39, 0.29) is 12.9 Å². The summed E-state index contributed by atoms with van der Waals surface area (Å²) in [4.78, 5) is 22.6. The molecular formula is C14H19NO7. The maximum atomic E-state index is 11.7. The molecule has 1 rings (SSSR count). The first kappa shape index (κ1) is 18.1. The molecule has 1 aromatic carbocycles. The van der Waals surface area contributed by atoms with Gasteiger partial charge in [0.1, 0.15) is 36.4 Å². The van der Waals surface area contributed by atoms with Gasteiger partial charge in [-0.15, -0.1) is 0 Å². The van der Waals surface area contributed by atoms with Crippen molar-refractivity contribution >= 4 is 12.2 Å². The van der Waals surface area contributed by atoms with Crippen LogP contribution >= 0.6 is 0 Å². The van der Waals surface area contributed by atoms with E-state index in [4.69, 9.17) is 9.84 Å². The summed E-state index contributed by atoms with van der Waals surface area (Å²) in [7, 11) is 0. The van der Waals surface area contributed by atoms with Crippen molar-refractivity contribution in [2.45, 2.75) is 24.4 Å². The summed E-state index contributed by atoms with van der Waals surface area (Å²) in [6.45, 7) is -1.19. The van der Waals surface area contributed by atoms with E-state index in [2.05, 4.69) is 5.32 Å². The number of aliphatic hydroxyl groups is 4. The highest BCUT2D eigenvalue weighted by molar-refractivity contribution is 5.81. The zero-order chi connectivity index (χ0) is 16.5. The molecule has 0 saturated heterocycles. The number of amides is 1. The number of carbonyl (C=O) groups is 2. The number of para-hydroxylation sites is 1. The number of benzene rings is 1. The lowest BCUT2D eigenvalue weighted by molar-refractivity contribution is -0.132. The van der Waals surface area contributed by atoms with Gasteiger partial charge in [-0.1, -0.05) is 18.2 Å². The molecule has 0 bridgehead atoms. The minimum Gasteiger partial charge on any atom is -0.484 e. The Morgan fingerprint density at radius 2 is 1.82 bits per heavy atom. The highest BCUT2D eigenvalue weighted by Gasteiger charge is 2.31. The third-order valence-corrected chi connectivity index (χ3v) is 2.89. The molecule has 122 valence electrons. The van der Waals surface area contributed by atoms with Gasteiger partial charge in [-0.3, -0.25) is 4.79 Å². The molecule has 0 aliphatic carbocycles. The van der Waals surface area contributed by atoms with Crippen LogP contribution < -0.4 is 10.1 Å². The molecule has 8 nitrogen and oxygen atoms in total. The van der Waals surface area contributed by atoms with Crippen LogP contribution in [0.1, 0.15) is 0 Å². The topological polar surface area (TPSA) is 136 Å². The van der Waals surface area contributed by atoms with Gasteiger partial charge >= 0.3 is 0 Å². The summed E-state index contributed by atoms with van der Waals surface area (Å²) >= 11 is 0. The van der Waals surface area contributed by atoms with Crippen molar-refractivity contribution in [1.82, 2.24) is 5.32 Å². The minimum atomic E-state index is -1.78. The predicted octanol–water partition coefficient (Wildman–Crippen LogP) is -2.18. The molecule has 1 aromatic rings. The average molecular weight is 313 g/mol. The van der Waals surface area contributed by atoms with Gasteiger partial charge in [0.2, 0.25) is 0 Å². The maximum absolute atomic E-state index is 11.7. The molecule has 0 aliphatic rings. The molecule has 0 radical (unpaired) electrons. The molecule has 0 spiro atoms. The first-order valence-corrected chi connectivity index (χ1v) is 6.57. The zero-order valence-electron chi connectivity index (χ0n) is 11.7. The normalized spacial score (nSPS) is 16.2. The number of hydrogen-bond acceptors (Lipinski definition) is 7. The lowest BCUT2D eigenvalue weighted by Crippen LogP contribution is -2.54. The van der Waals surface area contributed by atoms with Gasteiger partial charge in [0.05, 0.1) is 6.61 Å². The van der Waals surface area contributed by atoms with Crippen molar-refractivity contribution in [2.24, 2.45) is 0 Å². The van der Waals surface area contributed by atoms with Crippen LogP contribution in [0.3, 0.4) is 0 Å². The summed E-state index contributed by atoms with van der Waals surface area (Å²) < 4.78 is 5.16. The summed E-state index contributed by atoms with van der Waals surface area (Å²) in [6, 6.07) is 7.06. The van der Waals surface area contributed by atoms with E-state index in [9.17, 15) is 24.9 Å². The summed E-state index contributed by atoms with van der Waals surface area (Å²) in [5, 5.41) is 39.3. The molecule has 1 amide bonds. The highest BCUT2D eigenvalue weighted by atomic mass is 16.5. The van der Waals surface area contributed by atoms with E-state index >= 15 is 0 Å². The quantitative estimate of drug-likeness (QED) is 0.327. The Morgan fingerprint density at radius 1 is 1.18 bits per heavy atom. The van der Waals surface area contributed by atoms with Crippen LogP contribution in [-0.4, -0.2) is 70.2 Å². The fraction of sp³-hybridized carbons (Fsp3) is 0.429. The Balaban J connectivity index is 2.51.